The monoisotopic (exact) mass is 283 g/mol. The fraction of sp³-hybridized carbons (Fsp3) is 0.600. The first-order chi connectivity index (χ1) is 9.15. The summed E-state index contributed by atoms with van der Waals surface area (Å²) in [5, 5.41) is 4.08. The highest BCUT2D eigenvalue weighted by atomic mass is 35.5. The minimum atomic E-state index is 0.140. The smallest absolute Gasteiger partial charge is 0.138 e. The van der Waals surface area contributed by atoms with Crippen molar-refractivity contribution in [2.75, 3.05) is 13.2 Å². The first-order valence-electron chi connectivity index (χ1n) is 6.92. The van der Waals surface area contributed by atoms with Gasteiger partial charge >= 0.3 is 0 Å². The van der Waals surface area contributed by atoms with E-state index in [1.54, 1.807) is 0 Å². The molecule has 0 radical (unpaired) electrons. The van der Waals surface area contributed by atoms with Crippen molar-refractivity contribution in [2.24, 2.45) is 0 Å². The lowest BCUT2D eigenvalue weighted by atomic mass is 10.2. The summed E-state index contributed by atoms with van der Waals surface area (Å²) in [5.41, 5.74) is 1.17. The summed E-state index contributed by atoms with van der Waals surface area (Å²) in [5.74, 6) is 0.750. The molecule has 1 heterocycles. The second-order valence-electron chi connectivity index (χ2n) is 5.20. The third-order valence-corrected chi connectivity index (χ3v) is 3.38. The fourth-order valence-electron chi connectivity index (χ4n) is 2.19. The molecule has 3 nitrogen and oxygen atoms in total. The van der Waals surface area contributed by atoms with Crippen LogP contribution in [0.3, 0.4) is 0 Å². The van der Waals surface area contributed by atoms with Gasteiger partial charge in [-0.2, -0.15) is 0 Å². The van der Waals surface area contributed by atoms with Crippen LogP contribution in [-0.2, 0) is 11.3 Å². The van der Waals surface area contributed by atoms with Crippen molar-refractivity contribution in [3.05, 3.63) is 28.8 Å². The largest absolute Gasteiger partial charge is 0.489 e. The van der Waals surface area contributed by atoms with Crippen LogP contribution in [0.25, 0.3) is 0 Å². The van der Waals surface area contributed by atoms with E-state index in [0.29, 0.717) is 11.1 Å². The van der Waals surface area contributed by atoms with E-state index in [4.69, 9.17) is 21.1 Å². The van der Waals surface area contributed by atoms with Crippen molar-refractivity contribution >= 4 is 11.6 Å². The summed E-state index contributed by atoms with van der Waals surface area (Å²) >= 11 is 6.20. The quantitative estimate of drug-likeness (QED) is 0.868. The molecule has 1 aliphatic rings. The average molecular weight is 284 g/mol. The Morgan fingerprint density at radius 3 is 2.95 bits per heavy atom. The van der Waals surface area contributed by atoms with Gasteiger partial charge in [-0.3, -0.25) is 0 Å². The van der Waals surface area contributed by atoms with E-state index < -0.39 is 0 Å². The molecule has 0 saturated carbocycles. The van der Waals surface area contributed by atoms with Gasteiger partial charge < -0.3 is 14.8 Å². The van der Waals surface area contributed by atoms with Crippen LogP contribution >= 0.6 is 11.6 Å². The summed E-state index contributed by atoms with van der Waals surface area (Å²) in [4.78, 5) is 0. The molecular formula is C15H22ClNO2. The summed E-state index contributed by atoms with van der Waals surface area (Å²) in [7, 11) is 0. The van der Waals surface area contributed by atoms with Crippen LogP contribution in [0, 0.1) is 0 Å². The van der Waals surface area contributed by atoms with Crippen molar-refractivity contribution in [1.29, 1.82) is 0 Å². The molecule has 106 valence electrons. The Labute approximate surface area is 120 Å². The maximum absolute atomic E-state index is 6.20. The van der Waals surface area contributed by atoms with Crippen molar-refractivity contribution in [2.45, 2.75) is 45.4 Å². The zero-order chi connectivity index (χ0) is 13.7. The second-order valence-corrected chi connectivity index (χ2v) is 5.60. The Bertz CT molecular complexity index is 403. The topological polar surface area (TPSA) is 30.5 Å². The minimum absolute atomic E-state index is 0.140. The van der Waals surface area contributed by atoms with Crippen molar-refractivity contribution in [1.82, 2.24) is 5.32 Å². The lowest BCUT2D eigenvalue weighted by molar-refractivity contribution is 0.110. The predicted octanol–water partition coefficient (Wildman–Crippen LogP) is 3.40. The molecule has 1 aromatic rings. The van der Waals surface area contributed by atoms with Gasteiger partial charge in [-0.05, 0) is 44.4 Å². The fourth-order valence-corrected chi connectivity index (χ4v) is 2.43. The summed E-state index contributed by atoms with van der Waals surface area (Å²) in [6, 6.07) is 5.94. The standard InChI is InChI=1S/C15H22ClNO2/c1-11(2)19-15-6-5-12(8-14(15)16)9-17-10-13-4-3-7-18-13/h5-6,8,11,13,17H,3-4,7,9-10H2,1-2H3/t13-/m0/s1. The van der Waals surface area contributed by atoms with Crippen molar-refractivity contribution in [3.8, 4) is 5.75 Å². The Kier molecular flexibility index (Phi) is 5.49. The van der Waals surface area contributed by atoms with E-state index >= 15 is 0 Å². The molecule has 1 aliphatic heterocycles. The van der Waals surface area contributed by atoms with E-state index in [0.717, 1.165) is 31.9 Å². The number of hydrogen-bond acceptors (Lipinski definition) is 3. The van der Waals surface area contributed by atoms with Crippen LogP contribution < -0.4 is 10.1 Å². The Balaban J connectivity index is 1.81. The van der Waals surface area contributed by atoms with Gasteiger partial charge in [-0.15, -0.1) is 0 Å². The molecule has 1 aromatic carbocycles. The van der Waals surface area contributed by atoms with E-state index in [2.05, 4.69) is 5.32 Å². The first-order valence-corrected chi connectivity index (χ1v) is 7.30. The zero-order valence-electron chi connectivity index (χ0n) is 11.6. The summed E-state index contributed by atoms with van der Waals surface area (Å²) < 4.78 is 11.2. The highest BCUT2D eigenvalue weighted by Crippen LogP contribution is 2.26. The summed E-state index contributed by atoms with van der Waals surface area (Å²) in [6.45, 7) is 6.60. The average Bonchev–Trinajstić information content (AvgIpc) is 2.85. The lowest BCUT2D eigenvalue weighted by Gasteiger charge is -2.13. The molecule has 0 spiro atoms. The number of nitrogens with one attached hydrogen (secondary N) is 1. The Morgan fingerprint density at radius 1 is 1.47 bits per heavy atom. The van der Waals surface area contributed by atoms with Crippen LogP contribution in [0.1, 0.15) is 32.3 Å². The van der Waals surface area contributed by atoms with Crippen LogP contribution in [-0.4, -0.2) is 25.4 Å². The Hall–Kier alpha value is -0.770. The van der Waals surface area contributed by atoms with Gasteiger partial charge in [-0.25, -0.2) is 0 Å². The van der Waals surface area contributed by atoms with Gasteiger partial charge in [0.15, 0.2) is 0 Å². The molecule has 1 saturated heterocycles. The predicted molar refractivity (Wildman–Crippen MR) is 77.9 cm³/mol. The van der Waals surface area contributed by atoms with Gasteiger partial charge in [0.25, 0.3) is 0 Å². The molecule has 0 amide bonds. The lowest BCUT2D eigenvalue weighted by Crippen LogP contribution is -2.25. The van der Waals surface area contributed by atoms with Gasteiger partial charge in [0.2, 0.25) is 0 Å². The molecule has 1 N–H and O–H groups in total. The molecule has 19 heavy (non-hydrogen) atoms. The Morgan fingerprint density at radius 2 is 2.32 bits per heavy atom. The first kappa shape index (κ1) is 14.6. The van der Waals surface area contributed by atoms with Crippen LogP contribution in [0.2, 0.25) is 5.02 Å². The van der Waals surface area contributed by atoms with Crippen LogP contribution in [0.5, 0.6) is 5.75 Å². The molecule has 0 aliphatic carbocycles. The highest BCUT2D eigenvalue weighted by Gasteiger charge is 2.14. The van der Waals surface area contributed by atoms with Crippen molar-refractivity contribution < 1.29 is 9.47 Å². The number of benzene rings is 1. The molecule has 1 atom stereocenters. The minimum Gasteiger partial charge on any atom is -0.489 e. The van der Waals surface area contributed by atoms with Crippen LogP contribution in [0.4, 0.5) is 0 Å². The third-order valence-electron chi connectivity index (χ3n) is 3.08. The molecule has 1 fully saturated rings. The van der Waals surface area contributed by atoms with E-state index in [1.165, 1.54) is 12.0 Å². The number of ether oxygens (including phenoxy) is 2. The van der Waals surface area contributed by atoms with E-state index in [-0.39, 0.29) is 6.10 Å². The number of hydrogen-bond donors (Lipinski definition) is 1. The zero-order valence-corrected chi connectivity index (χ0v) is 12.4. The maximum Gasteiger partial charge on any atom is 0.138 e. The molecule has 2 rings (SSSR count). The molecule has 0 bridgehead atoms. The van der Waals surface area contributed by atoms with Crippen LogP contribution in [0.15, 0.2) is 18.2 Å². The SMILES string of the molecule is CC(C)Oc1ccc(CNC[C@@H]2CCCO2)cc1Cl. The van der Waals surface area contributed by atoms with Gasteiger partial charge in [0.1, 0.15) is 5.75 Å². The van der Waals surface area contributed by atoms with Gasteiger partial charge in [-0.1, -0.05) is 17.7 Å². The second kappa shape index (κ2) is 7.13. The molecule has 0 unspecified atom stereocenters. The number of rotatable bonds is 6. The van der Waals surface area contributed by atoms with E-state index in [9.17, 15) is 0 Å². The summed E-state index contributed by atoms with van der Waals surface area (Å²) in [6.07, 6.45) is 2.86. The van der Waals surface area contributed by atoms with Gasteiger partial charge in [0, 0.05) is 19.7 Å². The number of halogens is 1. The highest BCUT2D eigenvalue weighted by molar-refractivity contribution is 6.32. The van der Waals surface area contributed by atoms with E-state index in [1.807, 2.05) is 32.0 Å². The van der Waals surface area contributed by atoms with Gasteiger partial charge in [0.05, 0.1) is 17.2 Å². The third kappa shape index (κ3) is 4.68. The molecular weight excluding hydrogens is 262 g/mol. The maximum atomic E-state index is 6.20. The van der Waals surface area contributed by atoms with Crippen molar-refractivity contribution in [3.63, 3.8) is 0 Å². The molecule has 0 aromatic heterocycles. The normalized spacial score (nSPS) is 19.1. The molecule has 4 heteroatoms.